The highest BCUT2D eigenvalue weighted by atomic mass is 79.9. The fourth-order valence-electron chi connectivity index (χ4n) is 2.01. The predicted octanol–water partition coefficient (Wildman–Crippen LogP) is 5.28. The first kappa shape index (κ1) is 15.3. The van der Waals surface area contributed by atoms with Crippen LogP contribution >= 0.6 is 31.9 Å². The van der Waals surface area contributed by atoms with Gasteiger partial charge in [0.25, 0.3) is 0 Å². The molecule has 2 nitrogen and oxygen atoms in total. The van der Waals surface area contributed by atoms with Gasteiger partial charge in [-0.05, 0) is 46.6 Å². The largest absolute Gasteiger partial charge is 0.495 e. The topological polar surface area (TPSA) is 21.3 Å². The summed E-state index contributed by atoms with van der Waals surface area (Å²) < 4.78 is 21.0. The molecule has 2 aromatic rings. The second-order valence-electron chi connectivity index (χ2n) is 4.37. The Kier molecular flexibility index (Phi) is 5.05. The van der Waals surface area contributed by atoms with Crippen molar-refractivity contribution < 1.29 is 9.13 Å². The number of hydrogen-bond donors (Lipinski definition) is 1. The van der Waals surface area contributed by atoms with Crippen LogP contribution in [0.15, 0.2) is 39.3 Å². The lowest BCUT2D eigenvalue weighted by molar-refractivity contribution is 0.407. The van der Waals surface area contributed by atoms with Gasteiger partial charge in [0.2, 0.25) is 0 Å². The zero-order valence-electron chi connectivity index (χ0n) is 11.1. The van der Waals surface area contributed by atoms with Crippen molar-refractivity contribution in [3.8, 4) is 5.75 Å². The van der Waals surface area contributed by atoms with Crippen LogP contribution in [0.25, 0.3) is 0 Å². The smallest absolute Gasteiger partial charge is 0.146 e. The molecule has 0 saturated carbocycles. The fraction of sp³-hybridized carbons (Fsp3) is 0.200. The molecule has 0 spiro atoms. The zero-order chi connectivity index (χ0) is 14.7. The molecule has 0 aromatic heterocycles. The molecule has 0 bridgehead atoms. The Morgan fingerprint density at radius 3 is 2.65 bits per heavy atom. The van der Waals surface area contributed by atoms with Crippen LogP contribution in [0.2, 0.25) is 0 Å². The molecular formula is C15H14Br2FNO. The summed E-state index contributed by atoms with van der Waals surface area (Å²) in [5.74, 6) is 0.493. The summed E-state index contributed by atoms with van der Waals surface area (Å²) in [5.41, 5.74) is 2.33. The lowest BCUT2D eigenvalue weighted by atomic mass is 10.1. The monoisotopic (exact) mass is 401 g/mol. The SMILES string of the molecule is COc1c(Br)cc(Br)cc1CNc1c(C)cccc1F. The number of para-hydroxylation sites is 1. The van der Waals surface area contributed by atoms with Crippen LogP contribution in [0.4, 0.5) is 10.1 Å². The van der Waals surface area contributed by atoms with E-state index in [0.29, 0.717) is 12.2 Å². The van der Waals surface area contributed by atoms with Gasteiger partial charge in [-0.3, -0.25) is 0 Å². The van der Waals surface area contributed by atoms with E-state index in [9.17, 15) is 4.39 Å². The zero-order valence-corrected chi connectivity index (χ0v) is 14.3. The van der Waals surface area contributed by atoms with Gasteiger partial charge >= 0.3 is 0 Å². The Morgan fingerprint density at radius 2 is 2.00 bits per heavy atom. The number of benzene rings is 2. The van der Waals surface area contributed by atoms with E-state index < -0.39 is 0 Å². The lowest BCUT2D eigenvalue weighted by Crippen LogP contribution is -2.05. The van der Waals surface area contributed by atoms with Gasteiger partial charge in [-0.25, -0.2) is 4.39 Å². The second kappa shape index (κ2) is 6.59. The first-order chi connectivity index (χ1) is 9.52. The van der Waals surface area contributed by atoms with Crippen LogP contribution in [0, 0.1) is 12.7 Å². The van der Waals surface area contributed by atoms with Crippen LogP contribution in [0.5, 0.6) is 5.75 Å². The van der Waals surface area contributed by atoms with E-state index in [1.165, 1.54) is 6.07 Å². The Hall–Kier alpha value is -1.07. The third-order valence-electron chi connectivity index (χ3n) is 2.97. The summed E-state index contributed by atoms with van der Waals surface area (Å²) in [5, 5.41) is 3.13. The number of anilines is 1. The van der Waals surface area contributed by atoms with E-state index in [-0.39, 0.29) is 5.82 Å². The molecule has 0 amide bonds. The Bertz CT molecular complexity index is 611. The molecule has 0 aliphatic heterocycles. The summed E-state index contributed by atoms with van der Waals surface area (Å²) in [6.45, 7) is 2.35. The normalized spacial score (nSPS) is 10.4. The molecule has 0 unspecified atom stereocenters. The van der Waals surface area contributed by atoms with Crippen LogP contribution < -0.4 is 10.1 Å². The van der Waals surface area contributed by atoms with Gasteiger partial charge in [0.05, 0.1) is 17.3 Å². The van der Waals surface area contributed by atoms with Crippen LogP contribution in [0.1, 0.15) is 11.1 Å². The van der Waals surface area contributed by atoms with E-state index in [0.717, 1.165) is 25.8 Å². The summed E-state index contributed by atoms with van der Waals surface area (Å²) >= 11 is 6.90. The maximum Gasteiger partial charge on any atom is 0.146 e. The summed E-state index contributed by atoms with van der Waals surface area (Å²) in [6, 6.07) is 8.89. The molecule has 106 valence electrons. The van der Waals surface area contributed by atoms with Crippen molar-refractivity contribution in [3.05, 3.63) is 56.2 Å². The maximum atomic E-state index is 13.8. The molecular weight excluding hydrogens is 389 g/mol. The van der Waals surface area contributed by atoms with Gasteiger partial charge in [-0.1, -0.05) is 28.1 Å². The number of aryl methyl sites for hydroxylation is 1. The molecule has 0 atom stereocenters. The molecule has 0 aliphatic rings. The number of hydrogen-bond acceptors (Lipinski definition) is 2. The third kappa shape index (κ3) is 3.33. The molecule has 0 aliphatic carbocycles. The number of halogens is 3. The predicted molar refractivity (Wildman–Crippen MR) is 86.9 cm³/mol. The van der Waals surface area contributed by atoms with Crippen molar-refractivity contribution in [2.24, 2.45) is 0 Å². The van der Waals surface area contributed by atoms with E-state index in [1.807, 2.05) is 25.1 Å². The van der Waals surface area contributed by atoms with E-state index >= 15 is 0 Å². The molecule has 0 fully saturated rings. The van der Waals surface area contributed by atoms with Crippen molar-refractivity contribution in [2.45, 2.75) is 13.5 Å². The summed E-state index contributed by atoms with van der Waals surface area (Å²) in [6.07, 6.45) is 0. The van der Waals surface area contributed by atoms with Gasteiger partial charge in [-0.2, -0.15) is 0 Å². The van der Waals surface area contributed by atoms with Gasteiger partial charge < -0.3 is 10.1 Å². The van der Waals surface area contributed by atoms with E-state index in [1.54, 1.807) is 13.2 Å². The molecule has 0 saturated heterocycles. The number of rotatable bonds is 4. The number of methoxy groups -OCH3 is 1. The van der Waals surface area contributed by atoms with Crippen molar-refractivity contribution in [2.75, 3.05) is 12.4 Å². The van der Waals surface area contributed by atoms with Crippen LogP contribution in [-0.2, 0) is 6.54 Å². The minimum absolute atomic E-state index is 0.252. The lowest BCUT2D eigenvalue weighted by Gasteiger charge is -2.14. The summed E-state index contributed by atoms with van der Waals surface area (Å²) in [7, 11) is 1.62. The summed E-state index contributed by atoms with van der Waals surface area (Å²) in [4.78, 5) is 0. The van der Waals surface area contributed by atoms with Gasteiger partial charge in [0.1, 0.15) is 11.6 Å². The third-order valence-corrected chi connectivity index (χ3v) is 4.01. The first-order valence-corrected chi connectivity index (χ1v) is 7.62. The van der Waals surface area contributed by atoms with Crippen molar-refractivity contribution in [3.63, 3.8) is 0 Å². The highest BCUT2D eigenvalue weighted by molar-refractivity contribution is 9.11. The average molecular weight is 403 g/mol. The van der Waals surface area contributed by atoms with Crippen molar-refractivity contribution in [1.82, 2.24) is 0 Å². The van der Waals surface area contributed by atoms with Crippen LogP contribution in [0.3, 0.4) is 0 Å². The van der Waals surface area contributed by atoms with Crippen molar-refractivity contribution >= 4 is 37.5 Å². The minimum atomic E-state index is -0.252. The maximum absolute atomic E-state index is 13.8. The van der Waals surface area contributed by atoms with E-state index in [2.05, 4.69) is 37.2 Å². The Balaban J connectivity index is 2.27. The Labute approximate surface area is 134 Å². The fourth-order valence-corrected chi connectivity index (χ4v) is 3.49. The molecule has 2 rings (SSSR count). The molecule has 20 heavy (non-hydrogen) atoms. The Morgan fingerprint density at radius 1 is 1.25 bits per heavy atom. The minimum Gasteiger partial charge on any atom is -0.495 e. The standard InChI is InChI=1S/C15H14Br2FNO/c1-9-4-3-5-13(18)14(9)19-8-10-6-11(16)7-12(17)15(10)20-2/h3-7,19H,8H2,1-2H3. The number of ether oxygens (including phenoxy) is 1. The van der Waals surface area contributed by atoms with Gasteiger partial charge in [-0.15, -0.1) is 0 Å². The highest BCUT2D eigenvalue weighted by Gasteiger charge is 2.11. The molecule has 0 radical (unpaired) electrons. The van der Waals surface area contributed by atoms with E-state index in [4.69, 9.17) is 4.74 Å². The molecule has 1 N–H and O–H groups in total. The quantitative estimate of drug-likeness (QED) is 0.751. The molecule has 2 aromatic carbocycles. The molecule has 5 heteroatoms. The first-order valence-electron chi connectivity index (χ1n) is 6.04. The highest BCUT2D eigenvalue weighted by Crippen LogP contribution is 2.33. The number of nitrogens with one attached hydrogen (secondary N) is 1. The van der Waals surface area contributed by atoms with Gasteiger partial charge in [0.15, 0.2) is 0 Å². The van der Waals surface area contributed by atoms with Gasteiger partial charge in [0, 0.05) is 16.6 Å². The van der Waals surface area contributed by atoms with Crippen LogP contribution in [-0.4, -0.2) is 7.11 Å². The molecule has 0 heterocycles. The second-order valence-corrected chi connectivity index (χ2v) is 6.14. The average Bonchev–Trinajstić information content (AvgIpc) is 2.37. The van der Waals surface area contributed by atoms with Crippen molar-refractivity contribution in [1.29, 1.82) is 0 Å².